The molecule has 1 fully saturated rings. The number of thiazole rings is 1. The third-order valence-electron chi connectivity index (χ3n) is 7.57. The zero-order valence-electron chi connectivity index (χ0n) is 26.4. The van der Waals surface area contributed by atoms with Crippen LogP contribution in [0.4, 0.5) is 11.1 Å². The first kappa shape index (κ1) is 36.3. The second-order valence-electron chi connectivity index (χ2n) is 10.9. The Hall–Kier alpha value is -4.99. The van der Waals surface area contributed by atoms with E-state index < -0.39 is 53.0 Å². The zero-order valence-corrected chi connectivity index (χ0v) is 28.8. The van der Waals surface area contributed by atoms with Gasteiger partial charge in [-0.15, -0.1) is 11.8 Å². The molecule has 3 atom stereocenters. The Morgan fingerprint density at radius 3 is 2.70 bits per heavy atom. The van der Waals surface area contributed by atoms with Crippen LogP contribution in [0, 0.1) is 0 Å². The monoisotopic (exact) mass is 750 g/mol. The predicted molar refractivity (Wildman–Crippen MR) is 178 cm³/mol. The van der Waals surface area contributed by atoms with Crippen molar-refractivity contribution in [3.05, 3.63) is 39.6 Å². The van der Waals surface area contributed by atoms with Crippen molar-refractivity contribution in [2.45, 2.75) is 44.0 Å². The molecule has 3 aromatic heterocycles. The Bertz CT molecular complexity index is 1930. The summed E-state index contributed by atoms with van der Waals surface area (Å²) in [4.78, 5) is 76.4. The number of aliphatic carboxylic acids is 3. The number of anilines is 2. The first-order valence-corrected chi connectivity index (χ1v) is 17.1. The van der Waals surface area contributed by atoms with E-state index in [4.69, 9.17) is 27.3 Å². The Morgan fingerprint density at radius 2 is 2.06 bits per heavy atom. The van der Waals surface area contributed by atoms with Gasteiger partial charge in [-0.2, -0.15) is 0 Å². The molecule has 50 heavy (non-hydrogen) atoms. The van der Waals surface area contributed by atoms with Crippen molar-refractivity contribution in [3.63, 3.8) is 0 Å². The van der Waals surface area contributed by atoms with Crippen LogP contribution in [0.3, 0.4) is 0 Å². The van der Waals surface area contributed by atoms with Crippen molar-refractivity contribution in [2.75, 3.05) is 36.9 Å². The van der Waals surface area contributed by atoms with Crippen LogP contribution in [0.2, 0.25) is 4.34 Å². The molecule has 0 saturated carbocycles. The number of hydrogen-bond acceptors (Lipinski definition) is 15. The van der Waals surface area contributed by atoms with Crippen LogP contribution >= 0.6 is 34.7 Å². The molecule has 19 nitrogen and oxygen atoms in total. The van der Waals surface area contributed by atoms with E-state index in [0.717, 1.165) is 22.7 Å². The van der Waals surface area contributed by atoms with Crippen LogP contribution in [0.5, 0.6) is 0 Å². The Balaban J connectivity index is 1.40. The number of halogens is 1. The van der Waals surface area contributed by atoms with Gasteiger partial charge >= 0.3 is 23.5 Å². The van der Waals surface area contributed by atoms with E-state index in [-0.39, 0.29) is 39.7 Å². The van der Waals surface area contributed by atoms with Crippen molar-refractivity contribution in [1.82, 2.24) is 30.1 Å². The van der Waals surface area contributed by atoms with Gasteiger partial charge in [0.05, 0.1) is 17.9 Å². The zero-order chi connectivity index (χ0) is 36.3. The number of carbonyl (C=O) groups excluding carboxylic acids is 3. The summed E-state index contributed by atoms with van der Waals surface area (Å²) in [6.07, 6.45) is 0.967. The number of amides is 2. The highest BCUT2D eigenvalue weighted by Crippen LogP contribution is 2.40. The van der Waals surface area contributed by atoms with E-state index in [9.17, 15) is 34.2 Å². The topological polar surface area (TPSA) is 270 Å². The molecular weight excluding hydrogens is 720 g/mol. The van der Waals surface area contributed by atoms with Gasteiger partial charge in [-0.25, -0.2) is 14.3 Å². The van der Waals surface area contributed by atoms with Crippen molar-refractivity contribution in [2.24, 2.45) is 5.16 Å². The first-order valence-electron chi connectivity index (χ1n) is 14.9. The standard InChI is InChI=1S/C28H31ClN10O9S2/c1-12(25(44)45)48-36-17(16-20(29)50-27(30)34-16)22(42)33-18-23(43)39-19(26(46)47)13(11-49-24(18)39)10-37-7-3-5-14-21(37)35-28(32-9-15(40)41)38(14)8-4-6-31-2/h3,5,7,12,18,24,31H,4,6,8-11H2,1-2H3,(H6,30,33,34,40,41,42,44,45,46,47)/b36-17-/t12-,18+,24?/m0/s1. The fourth-order valence-electron chi connectivity index (χ4n) is 5.24. The highest BCUT2D eigenvalue weighted by Gasteiger charge is 2.53. The molecule has 2 amide bonds. The molecule has 1 unspecified atom stereocenters. The van der Waals surface area contributed by atoms with Crippen LogP contribution in [0.25, 0.3) is 11.2 Å². The lowest BCUT2D eigenvalue weighted by Crippen LogP contribution is -2.71. The SMILES string of the molecule is CNCCCn1c(NCC(=O)O)nc2c1ccc[n+]2CC1=C(C(=O)[O-])N2C(=O)[C@@H](NC(=O)/C(=N\O[C@@H](C)C(=O)O)c3nc(N)sc3Cl)C2SC1. The maximum Gasteiger partial charge on any atom is 0.351 e. The van der Waals surface area contributed by atoms with Crippen molar-refractivity contribution >= 4 is 92.4 Å². The summed E-state index contributed by atoms with van der Waals surface area (Å²) < 4.78 is 3.50. The van der Waals surface area contributed by atoms with Crippen LogP contribution < -0.4 is 31.4 Å². The lowest BCUT2D eigenvalue weighted by atomic mass is 10.0. The normalized spacial score (nSPS) is 18.0. The third kappa shape index (κ3) is 7.44. The van der Waals surface area contributed by atoms with Gasteiger partial charge in [-0.3, -0.25) is 23.9 Å². The van der Waals surface area contributed by atoms with Gasteiger partial charge < -0.3 is 46.6 Å². The van der Waals surface area contributed by atoms with Crippen LogP contribution in [0.1, 0.15) is 19.0 Å². The van der Waals surface area contributed by atoms with Gasteiger partial charge in [-0.1, -0.05) is 28.1 Å². The van der Waals surface area contributed by atoms with Crippen LogP contribution in [-0.2, 0) is 41.9 Å². The fourth-order valence-corrected chi connectivity index (χ4v) is 7.50. The number of thioether (sulfide) groups is 1. The number of fused-ring (bicyclic) bond motifs is 2. The molecule has 0 spiro atoms. The number of nitrogens with zero attached hydrogens (tertiary/aromatic N) is 6. The minimum atomic E-state index is -1.60. The second kappa shape index (κ2) is 15.3. The molecule has 0 radical (unpaired) electrons. The summed E-state index contributed by atoms with van der Waals surface area (Å²) in [5, 5.41) is 42.1. The number of carboxylic acids is 3. The first-order chi connectivity index (χ1) is 23.8. The predicted octanol–water partition coefficient (Wildman–Crippen LogP) is -1.58. The minimum absolute atomic E-state index is 0.00668. The molecular formula is C28H31ClN10O9S2. The number of rotatable bonds is 16. The number of imidazole rings is 1. The average Bonchev–Trinajstić information content (AvgIpc) is 3.60. The molecule has 0 aromatic carbocycles. The minimum Gasteiger partial charge on any atom is -0.543 e. The molecule has 0 aliphatic carbocycles. The Labute approximate surface area is 296 Å². The smallest absolute Gasteiger partial charge is 0.351 e. The van der Waals surface area contributed by atoms with Gasteiger partial charge in [0.2, 0.25) is 6.10 Å². The number of aryl methyl sites for hydroxylation is 1. The van der Waals surface area contributed by atoms with E-state index in [0.29, 0.717) is 35.8 Å². The molecule has 0 bridgehead atoms. The van der Waals surface area contributed by atoms with Gasteiger partial charge in [0.15, 0.2) is 10.8 Å². The second-order valence-corrected chi connectivity index (χ2v) is 13.7. The number of hydrogen-bond donors (Lipinski definition) is 6. The summed E-state index contributed by atoms with van der Waals surface area (Å²) in [5.41, 5.74) is 6.10. The fraction of sp³-hybridized carbons (Fsp3) is 0.393. The molecule has 3 aromatic rings. The number of aromatic nitrogens is 4. The maximum atomic E-state index is 13.4. The molecule has 22 heteroatoms. The van der Waals surface area contributed by atoms with Crippen LogP contribution in [-0.4, -0.2) is 108 Å². The van der Waals surface area contributed by atoms with Crippen LogP contribution in [0.15, 0.2) is 34.8 Å². The molecule has 5 heterocycles. The highest BCUT2D eigenvalue weighted by molar-refractivity contribution is 8.00. The summed E-state index contributed by atoms with van der Waals surface area (Å²) in [7, 11) is 1.82. The summed E-state index contributed by atoms with van der Waals surface area (Å²) in [6, 6.07) is 2.36. The number of β-lactam (4-membered cyclic amide) rings is 1. The van der Waals surface area contributed by atoms with Crippen molar-refractivity contribution in [3.8, 4) is 0 Å². The van der Waals surface area contributed by atoms with E-state index in [1.165, 1.54) is 18.7 Å². The molecule has 2 aliphatic rings. The largest absolute Gasteiger partial charge is 0.543 e. The van der Waals surface area contributed by atoms with E-state index in [2.05, 4.69) is 31.1 Å². The number of carbonyl (C=O) groups is 5. The number of nitrogen functional groups attached to an aromatic ring is 1. The summed E-state index contributed by atoms with van der Waals surface area (Å²) in [5.74, 6) is -5.30. The van der Waals surface area contributed by atoms with E-state index in [1.54, 1.807) is 16.8 Å². The Morgan fingerprint density at radius 1 is 1.30 bits per heavy atom. The summed E-state index contributed by atoms with van der Waals surface area (Å²) in [6.45, 7) is 2.04. The molecule has 7 N–H and O–H groups in total. The molecule has 5 rings (SSSR count). The molecule has 2 aliphatic heterocycles. The van der Waals surface area contributed by atoms with Crippen molar-refractivity contribution in [1.29, 1.82) is 0 Å². The van der Waals surface area contributed by atoms with Gasteiger partial charge in [0.25, 0.3) is 11.8 Å². The molecule has 266 valence electrons. The number of pyridine rings is 1. The number of nitrogens with one attached hydrogen (secondary N) is 3. The highest BCUT2D eigenvalue weighted by atomic mass is 35.5. The maximum absolute atomic E-state index is 13.4. The average molecular weight is 751 g/mol. The van der Waals surface area contributed by atoms with E-state index in [1.807, 2.05) is 17.7 Å². The van der Waals surface area contributed by atoms with Crippen molar-refractivity contribution < 1.29 is 48.7 Å². The lowest BCUT2D eigenvalue weighted by molar-refractivity contribution is -0.664. The van der Waals surface area contributed by atoms with Gasteiger partial charge in [0.1, 0.15) is 40.1 Å². The molecule has 1 saturated heterocycles. The number of nitrogens with two attached hydrogens (primary N) is 1. The lowest BCUT2D eigenvalue weighted by Gasteiger charge is -2.50. The number of oxime groups is 1. The summed E-state index contributed by atoms with van der Waals surface area (Å²) >= 11 is 8.21. The number of carboxylic acid groups (broad SMARTS) is 3. The Kier molecular flexibility index (Phi) is 11.1. The van der Waals surface area contributed by atoms with Gasteiger partial charge in [-0.05, 0) is 44.1 Å². The third-order valence-corrected chi connectivity index (χ3v) is 9.99. The van der Waals surface area contributed by atoms with E-state index >= 15 is 0 Å². The quantitative estimate of drug-likeness (QED) is 0.0317. The van der Waals surface area contributed by atoms with Gasteiger partial charge in [0, 0.05) is 17.9 Å².